The highest BCUT2D eigenvalue weighted by molar-refractivity contribution is 7.14. The van der Waals surface area contributed by atoms with E-state index in [9.17, 15) is 18.0 Å². The van der Waals surface area contributed by atoms with Gasteiger partial charge in [0.05, 0.1) is 27.5 Å². The number of aromatic nitrogens is 1. The van der Waals surface area contributed by atoms with Gasteiger partial charge >= 0.3 is 11.8 Å². The third-order valence-corrected chi connectivity index (χ3v) is 5.33. The van der Waals surface area contributed by atoms with Crippen molar-refractivity contribution >= 4 is 56.3 Å². The number of anilines is 2. The maximum Gasteiger partial charge on any atom is 0.416 e. The van der Waals surface area contributed by atoms with E-state index in [0.717, 1.165) is 29.5 Å². The molecule has 0 fully saturated rings. The maximum absolute atomic E-state index is 12.9. The van der Waals surface area contributed by atoms with Crippen LogP contribution in [0.3, 0.4) is 0 Å². The molecule has 0 unspecified atom stereocenters. The lowest BCUT2D eigenvalue weighted by atomic mass is 10.1. The average molecular weight is 457 g/mol. The predicted octanol–water partition coefficient (Wildman–Crippen LogP) is 6.99. The van der Waals surface area contributed by atoms with E-state index in [2.05, 4.69) is 10.3 Å². The van der Waals surface area contributed by atoms with Crippen LogP contribution in [0.15, 0.2) is 57.1 Å². The van der Waals surface area contributed by atoms with Gasteiger partial charge in [-0.15, -0.1) is 11.3 Å². The minimum atomic E-state index is -4.50. The highest BCUT2D eigenvalue weighted by Crippen LogP contribution is 2.36. The normalized spacial score (nSPS) is 11.8. The van der Waals surface area contributed by atoms with Crippen molar-refractivity contribution in [3.8, 4) is 11.3 Å². The minimum Gasteiger partial charge on any atom is -0.422 e. The highest BCUT2D eigenvalue weighted by Gasteiger charge is 2.31. The SMILES string of the molecule is O=c1oc2ccc(Cl)cc2cc1-c1csc(Nc2cc(C(F)(F)F)ccc2Cl)n1. The Bertz CT molecular complexity index is 1280. The summed E-state index contributed by atoms with van der Waals surface area (Å²) in [5.41, 5.74) is -0.468. The number of alkyl halides is 3. The lowest BCUT2D eigenvalue weighted by Crippen LogP contribution is -2.05. The number of rotatable bonds is 3. The van der Waals surface area contributed by atoms with Crippen LogP contribution in [-0.2, 0) is 6.18 Å². The number of nitrogens with zero attached hydrogens (tertiary/aromatic N) is 1. The molecule has 29 heavy (non-hydrogen) atoms. The number of nitrogens with one attached hydrogen (secondary N) is 1. The number of hydrogen-bond donors (Lipinski definition) is 1. The van der Waals surface area contributed by atoms with E-state index in [1.54, 1.807) is 29.6 Å². The summed E-state index contributed by atoms with van der Waals surface area (Å²) < 4.78 is 44.1. The zero-order valence-corrected chi connectivity index (χ0v) is 16.5. The fraction of sp³-hybridized carbons (Fsp3) is 0.0526. The maximum atomic E-state index is 12.9. The molecule has 4 rings (SSSR count). The van der Waals surface area contributed by atoms with Crippen LogP contribution in [0.4, 0.5) is 24.0 Å². The smallest absolute Gasteiger partial charge is 0.416 e. The van der Waals surface area contributed by atoms with Crippen molar-refractivity contribution in [1.29, 1.82) is 0 Å². The lowest BCUT2D eigenvalue weighted by Gasteiger charge is -2.10. The Morgan fingerprint density at radius 3 is 2.62 bits per heavy atom. The van der Waals surface area contributed by atoms with Gasteiger partial charge in [0.25, 0.3) is 0 Å². The van der Waals surface area contributed by atoms with Crippen molar-refractivity contribution in [2.45, 2.75) is 6.18 Å². The molecule has 0 atom stereocenters. The van der Waals surface area contributed by atoms with Gasteiger partial charge in [-0.3, -0.25) is 0 Å². The molecule has 0 spiro atoms. The second kappa shape index (κ2) is 7.37. The van der Waals surface area contributed by atoms with E-state index >= 15 is 0 Å². The number of thiazole rings is 1. The first kappa shape index (κ1) is 19.8. The summed E-state index contributed by atoms with van der Waals surface area (Å²) in [4.78, 5) is 16.6. The van der Waals surface area contributed by atoms with Gasteiger partial charge in [0.1, 0.15) is 5.58 Å². The molecule has 4 aromatic rings. The van der Waals surface area contributed by atoms with E-state index in [1.165, 1.54) is 0 Å². The standard InChI is InChI=1S/C19H9Cl2F3N2O2S/c20-11-2-4-16-9(5-11)6-12(17(27)28-16)15-8-29-18(26-15)25-14-7-10(19(22,23)24)1-3-13(14)21/h1-8H,(H,25,26). The first-order chi connectivity index (χ1) is 13.7. The van der Waals surface area contributed by atoms with Crippen molar-refractivity contribution in [3.63, 3.8) is 0 Å². The van der Waals surface area contributed by atoms with Crippen LogP contribution < -0.4 is 10.9 Å². The molecule has 148 valence electrons. The Kier molecular flexibility index (Phi) is 5.02. The summed E-state index contributed by atoms with van der Waals surface area (Å²) in [5, 5.41) is 5.83. The third kappa shape index (κ3) is 4.10. The predicted molar refractivity (Wildman–Crippen MR) is 108 cm³/mol. The molecule has 0 saturated heterocycles. The minimum absolute atomic E-state index is 0.0553. The molecule has 2 aromatic heterocycles. The van der Waals surface area contributed by atoms with Crippen molar-refractivity contribution < 1.29 is 17.6 Å². The van der Waals surface area contributed by atoms with Crippen LogP contribution in [0, 0.1) is 0 Å². The van der Waals surface area contributed by atoms with E-state index < -0.39 is 17.4 Å². The summed E-state index contributed by atoms with van der Waals surface area (Å²) in [7, 11) is 0. The van der Waals surface area contributed by atoms with Crippen LogP contribution in [0.5, 0.6) is 0 Å². The average Bonchev–Trinajstić information content (AvgIpc) is 3.10. The molecule has 0 radical (unpaired) electrons. The summed E-state index contributed by atoms with van der Waals surface area (Å²) in [6.07, 6.45) is -4.50. The zero-order valence-electron chi connectivity index (χ0n) is 14.2. The van der Waals surface area contributed by atoms with Crippen molar-refractivity contribution in [2.24, 2.45) is 0 Å². The summed E-state index contributed by atoms with van der Waals surface area (Å²) >= 11 is 13.1. The second-order valence-electron chi connectivity index (χ2n) is 5.98. The van der Waals surface area contributed by atoms with Crippen LogP contribution in [0.1, 0.15) is 5.56 Å². The van der Waals surface area contributed by atoms with E-state index in [4.69, 9.17) is 27.6 Å². The Morgan fingerprint density at radius 2 is 1.86 bits per heavy atom. The van der Waals surface area contributed by atoms with Crippen molar-refractivity contribution in [3.05, 3.63) is 73.9 Å². The summed E-state index contributed by atoms with van der Waals surface area (Å²) in [5.74, 6) is 0. The zero-order chi connectivity index (χ0) is 20.8. The van der Waals surface area contributed by atoms with E-state index in [0.29, 0.717) is 21.7 Å². The molecular weight excluding hydrogens is 448 g/mol. The van der Waals surface area contributed by atoms with Gasteiger partial charge in [-0.25, -0.2) is 9.78 Å². The number of benzene rings is 2. The number of fused-ring (bicyclic) bond motifs is 1. The molecule has 10 heteroatoms. The van der Waals surface area contributed by atoms with Gasteiger partial charge in [0.2, 0.25) is 0 Å². The molecular formula is C19H9Cl2F3N2O2S. The van der Waals surface area contributed by atoms with Gasteiger partial charge in [-0.2, -0.15) is 13.2 Å². The van der Waals surface area contributed by atoms with Crippen LogP contribution in [0.25, 0.3) is 22.2 Å². The molecule has 2 heterocycles. The first-order valence-corrected chi connectivity index (χ1v) is 9.67. The lowest BCUT2D eigenvalue weighted by molar-refractivity contribution is -0.137. The summed E-state index contributed by atoms with van der Waals surface area (Å²) in [6.45, 7) is 0. The molecule has 0 saturated carbocycles. The Morgan fingerprint density at radius 1 is 1.07 bits per heavy atom. The summed E-state index contributed by atoms with van der Waals surface area (Å²) in [6, 6.07) is 9.40. The molecule has 0 aliphatic rings. The van der Waals surface area contributed by atoms with Crippen molar-refractivity contribution in [1.82, 2.24) is 4.98 Å². The Hall–Kier alpha value is -2.55. The van der Waals surface area contributed by atoms with Gasteiger partial charge in [0, 0.05) is 15.8 Å². The second-order valence-corrected chi connectivity index (χ2v) is 7.69. The van der Waals surface area contributed by atoms with Crippen LogP contribution in [0.2, 0.25) is 10.0 Å². The van der Waals surface area contributed by atoms with Gasteiger partial charge in [0.15, 0.2) is 5.13 Å². The molecule has 0 amide bonds. The number of halogens is 5. The molecule has 0 aliphatic carbocycles. The van der Waals surface area contributed by atoms with Crippen LogP contribution >= 0.6 is 34.5 Å². The van der Waals surface area contributed by atoms with Gasteiger partial charge in [-0.05, 0) is 42.5 Å². The molecule has 4 nitrogen and oxygen atoms in total. The van der Waals surface area contributed by atoms with Gasteiger partial charge < -0.3 is 9.73 Å². The topological polar surface area (TPSA) is 55.1 Å². The third-order valence-electron chi connectivity index (χ3n) is 4.01. The molecule has 2 aromatic carbocycles. The van der Waals surface area contributed by atoms with E-state index in [1.807, 2.05) is 0 Å². The molecule has 0 bridgehead atoms. The molecule has 1 N–H and O–H groups in total. The quantitative estimate of drug-likeness (QED) is 0.337. The number of hydrogen-bond acceptors (Lipinski definition) is 5. The van der Waals surface area contributed by atoms with Gasteiger partial charge in [-0.1, -0.05) is 23.2 Å². The molecule has 0 aliphatic heterocycles. The largest absolute Gasteiger partial charge is 0.422 e. The fourth-order valence-electron chi connectivity index (χ4n) is 2.64. The Labute approximate surface area is 175 Å². The van der Waals surface area contributed by atoms with Crippen LogP contribution in [-0.4, -0.2) is 4.98 Å². The highest BCUT2D eigenvalue weighted by atomic mass is 35.5. The van der Waals surface area contributed by atoms with Crippen molar-refractivity contribution in [2.75, 3.05) is 5.32 Å². The van der Waals surface area contributed by atoms with E-state index in [-0.39, 0.29) is 21.4 Å². The fourth-order valence-corrected chi connectivity index (χ4v) is 3.71. The first-order valence-electron chi connectivity index (χ1n) is 8.04. The monoisotopic (exact) mass is 456 g/mol. The Balaban J connectivity index is 1.69.